The van der Waals surface area contributed by atoms with E-state index in [1.54, 1.807) is 10.9 Å². The van der Waals surface area contributed by atoms with Crippen molar-refractivity contribution in [1.29, 1.82) is 0 Å². The number of hydrogen-bond donors (Lipinski definition) is 2. The third-order valence-corrected chi connectivity index (χ3v) is 4.84. The summed E-state index contributed by atoms with van der Waals surface area (Å²) in [7, 11) is -3.19. The Kier molecular flexibility index (Phi) is 5.56. The van der Waals surface area contributed by atoms with Crippen molar-refractivity contribution < 1.29 is 8.42 Å². The molecule has 1 saturated carbocycles. The normalized spacial score (nSPS) is 17.2. The van der Waals surface area contributed by atoms with E-state index in [-0.39, 0.29) is 11.8 Å². The molecule has 7 heteroatoms. The summed E-state index contributed by atoms with van der Waals surface area (Å²) in [6.07, 6.45) is 7.66. The third-order valence-electron chi connectivity index (χ3n) is 3.25. The molecule has 0 amide bonds. The first-order valence-electron chi connectivity index (χ1n) is 7.26. The first-order chi connectivity index (χ1) is 9.55. The molecule has 0 aliphatic heterocycles. The van der Waals surface area contributed by atoms with Gasteiger partial charge in [0.15, 0.2) is 0 Å². The van der Waals surface area contributed by atoms with Crippen LogP contribution in [0.25, 0.3) is 0 Å². The van der Waals surface area contributed by atoms with Crippen molar-refractivity contribution in [2.45, 2.75) is 51.2 Å². The zero-order valence-corrected chi connectivity index (χ0v) is 12.8. The summed E-state index contributed by atoms with van der Waals surface area (Å²) in [6.45, 7) is 3.33. The molecule has 1 heterocycles. The van der Waals surface area contributed by atoms with Gasteiger partial charge in [0.25, 0.3) is 0 Å². The zero-order chi connectivity index (χ0) is 14.4. The number of sulfonamides is 1. The fourth-order valence-electron chi connectivity index (χ4n) is 2.10. The fourth-order valence-corrected chi connectivity index (χ4v) is 3.49. The molecule has 0 aromatic carbocycles. The second kappa shape index (κ2) is 7.19. The Morgan fingerprint density at radius 2 is 2.20 bits per heavy atom. The maximum absolute atomic E-state index is 11.9. The van der Waals surface area contributed by atoms with Gasteiger partial charge in [-0.15, -0.1) is 0 Å². The van der Waals surface area contributed by atoms with E-state index in [2.05, 4.69) is 15.1 Å². The number of nitrogens with zero attached hydrogens (tertiary/aromatic N) is 2. The molecule has 1 aliphatic rings. The predicted octanol–water partition coefficient (Wildman–Crippen LogP) is 0.723. The van der Waals surface area contributed by atoms with Crippen LogP contribution in [0.2, 0.25) is 0 Å². The second-order valence-electron chi connectivity index (χ2n) is 5.50. The topological polar surface area (TPSA) is 76.0 Å². The number of rotatable bonds is 10. The molecule has 20 heavy (non-hydrogen) atoms. The Bertz CT molecular complexity index is 482. The Hall–Kier alpha value is -0.920. The van der Waals surface area contributed by atoms with Gasteiger partial charge in [0.05, 0.1) is 12.3 Å². The summed E-state index contributed by atoms with van der Waals surface area (Å²) in [5.74, 6) is 0.197. The Balaban J connectivity index is 1.61. The highest BCUT2D eigenvalue weighted by Crippen LogP contribution is 2.18. The van der Waals surface area contributed by atoms with Crippen molar-refractivity contribution >= 4 is 10.0 Å². The van der Waals surface area contributed by atoms with E-state index in [1.807, 2.05) is 19.2 Å². The SMILES string of the molecule is CC(Cn1cccn1)NS(=O)(=O)CCCCNC1CC1. The number of nitrogens with one attached hydrogen (secondary N) is 2. The fraction of sp³-hybridized carbons (Fsp3) is 0.769. The molecule has 2 rings (SSSR count). The Morgan fingerprint density at radius 3 is 2.85 bits per heavy atom. The Morgan fingerprint density at radius 1 is 1.40 bits per heavy atom. The first kappa shape index (κ1) is 15.5. The summed E-state index contributed by atoms with van der Waals surface area (Å²) in [5, 5.41) is 7.46. The van der Waals surface area contributed by atoms with E-state index in [1.165, 1.54) is 12.8 Å². The lowest BCUT2D eigenvalue weighted by Gasteiger charge is -2.14. The van der Waals surface area contributed by atoms with Gasteiger partial charge in [0.2, 0.25) is 10.0 Å². The summed E-state index contributed by atoms with van der Waals surface area (Å²) >= 11 is 0. The molecule has 1 aromatic rings. The number of hydrogen-bond acceptors (Lipinski definition) is 4. The first-order valence-corrected chi connectivity index (χ1v) is 8.91. The van der Waals surface area contributed by atoms with Crippen molar-refractivity contribution in [3.8, 4) is 0 Å². The summed E-state index contributed by atoms with van der Waals surface area (Å²) in [4.78, 5) is 0. The van der Waals surface area contributed by atoms with Crippen LogP contribution in [0.3, 0.4) is 0 Å². The monoisotopic (exact) mass is 300 g/mol. The zero-order valence-electron chi connectivity index (χ0n) is 12.0. The van der Waals surface area contributed by atoms with Gasteiger partial charge >= 0.3 is 0 Å². The van der Waals surface area contributed by atoms with Gasteiger partial charge in [0, 0.05) is 24.5 Å². The molecular weight excluding hydrogens is 276 g/mol. The lowest BCUT2D eigenvalue weighted by Crippen LogP contribution is -2.37. The van der Waals surface area contributed by atoms with Gasteiger partial charge in [-0.1, -0.05) is 0 Å². The molecule has 2 N–H and O–H groups in total. The highest BCUT2D eigenvalue weighted by atomic mass is 32.2. The molecule has 0 spiro atoms. The van der Waals surface area contributed by atoms with E-state index < -0.39 is 10.0 Å². The van der Waals surface area contributed by atoms with Gasteiger partial charge in [-0.05, 0) is 45.2 Å². The van der Waals surface area contributed by atoms with E-state index in [9.17, 15) is 8.42 Å². The number of aromatic nitrogens is 2. The van der Waals surface area contributed by atoms with E-state index >= 15 is 0 Å². The molecule has 0 bridgehead atoms. The van der Waals surface area contributed by atoms with Crippen molar-refractivity contribution in [3.05, 3.63) is 18.5 Å². The van der Waals surface area contributed by atoms with Crippen LogP contribution in [-0.4, -0.2) is 42.6 Å². The molecule has 1 unspecified atom stereocenters. The number of unbranched alkanes of at least 4 members (excludes halogenated alkanes) is 1. The quantitative estimate of drug-likeness (QED) is 0.624. The summed E-state index contributed by atoms with van der Waals surface area (Å²) < 4.78 is 28.3. The van der Waals surface area contributed by atoms with Crippen LogP contribution in [0.4, 0.5) is 0 Å². The minimum absolute atomic E-state index is 0.149. The van der Waals surface area contributed by atoms with Crippen LogP contribution < -0.4 is 10.0 Å². The van der Waals surface area contributed by atoms with Gasteiger partial charge in [-0.25, -0.2) is 13.1 Å². The summed E-state index contributed by atoms with van der Waals surface area (Å²) in [6, 6.07) is 2.37. The van der Waals surface area contributed by atoms with Crippen molar-refractivity contribution in [3.63, 3.8) is 0 Å². The van der Waals surface area contributed by atoms with Crippen LogP contribution in [0.15, 0.2) is 18.5 Å². The molecule has 0 saturated heterocycles. The molecule has 1 fully saturated rings. The van der Waals surface area contributed by atoms with E-state index in [0.29, 0.717) is 19.0 Å². The van der Waals surface area contributed by atoms with Gasteiger partial charge in [0.1, 0.15) is 0 Å². The molecule has 6 nitrogen and oxygen atoms in total. The van der Waals surface area contributed by atoms with Crippen molar-refractivity contribution in [2.24, 2.45) is 0 Å². The van der Waals surface area contributed by atoms with Gasteiger partial charge < -0.3 is 5.32 Å². The van der Waals surface area contributed by atoms with Gasteiger partial charge in [-0.3, -0.25) is 4.68 Å². The van der Waals surface area contributed by atoms with E-state index in [0.717, 1.165) is 13.0 Å². The van der Waals surface area contributed by atoms with Gasteiger partial charge in [-0.2, -0.15) is 5.10 Å². The maximum atomic E-state index is 11.9. The molecule has 1 aromatic heterocycles. The minimum Gasteiger partial charge on any atom is -0.314 e. The average molecular weight is 300 g/mol. The average Bonchev–Trinajstić information content (AvgIpc) is 3.04. The highest BCUT2D eigenvalue weighted by Gasteiger charge is 2.20. The largest absolute Gasteiger partial charge is 0.314 e. The molecule has 1 atom stereocenters. The molecule has 114 valence electrons. The summed E-state index contributed by atoms with van der Waals surface area (Å²) in [5.41, 5.74) is 0. The molecule has 0 radical (unpaired) electrons. The predicted molar refractivity (Wildman–Crippen MR) is 78.9 cm³/mol. The maximum Gasteiger partial charge on any atom is 0.211 e. The van der Waals surface area contributed by atoms with Crippen LogP contribution in [0.5, 0.6) is 0 Å². The standard InChI is InChI=1S/C13H24N4O2S/c1-12(11-17-9-4-8-15-17)16-20(18,19)10-3-2-7-14-13-5-6-13/h4,8-9,12-14,16H,2-3,5-7,10-11H2,1H3. The third kappa shape index (κ3) is 6.02. The van der Waals surface area contributed by atoms with Crippen LogP contribution in [0, 0.1) is 0 Å². The van der Waals surface area contributed by atoms with Crippen LogP contribution >= 0.6 is 0 Å². The van der Waals surface area contributed by atoms with E-state index in [4.69, 9.17) is 0 Å². The minimum atomic E-state index is -3.19. The lowest BCUT2D eigenvalue weighted by molar-refractivity contribution is 0.492. The van der Waals surface area contributed by atoms with Crippen molar-refractivity contribution in [1.82, 2.24) is 19.8 Å². The Labute approximate surface area is 121 Å². The van der Waals surface area contributed by atoms with Crippen molar-refractivity contribution in [2.75, 3.05) is 12.3 Å². The molecule has 1 aliphatic carbocycles. The lowest BCUT2D eigenvalue weighted by atomic mass is 10.3. The van der Waals surface area contributed by atoms with Crippen LogP contribution in [-0.2, 0) is 16.6 Å². The smallest absolute Gasteiger partial charge is 0.211 e. The van der Waals surface area contributed by atoms with Crippen LogP contribution in [0.1, 0.15) is 32.6 Å². The second-order valence-corrected chi connectivity index (χ2v) is 7.37. The molecular formula is C13H24N4O2S. The highest BCUT2D eigenvalue weighted by molar-refractivity contribution is 7.89.